The van der Waals surface area contributed by atoms with Gasteiger partial charge in [0.15, 0.2) is 0 Å². The maximum Gasteiger partial charge on any atom is 0.329 e. The molecular weight excluding hydrogens is 398 g/mol. The number of carboxylic acids is 1. The number of nitrogens with zero attached hydrogens (tertiary/aromatic N) is 3. The van der Waals surface area contributed by atoms with Crippen molar-refractivity contribution in [3.8, 4) is 0 Å². The summed E-state index contributed by atoms with van der Waals surface area (Å²) in [4.78, 5) is 30.2. The van der Waals surface area contributed by atoms with Crippen LogP contribution in [0.2, 0.25) is 5.02 Å². The van der Waals surface area contributed by atoms with Crippen LogP contribution in [0.25, 0.3) is 0 Å². The first-order valence-corrected chi connectivity index (χ1v) is 8.87. The molecule has 29 heavy (non-hydrogen) atoms. The van der Waals surface area contributed by atoms with Crippen LogP contribution in [0.4, 0.5) is 23.1 Å². The van der Waals surface area contributed by atoms with Gasteiger partial charge in [-0.2, -0.15) is 4.98 Å². The maximum absolute atomic E-state index is 11.4. The van der Waals surface area contributed by atoms with Gasteiger partial charge in [-0.15, -0.1) is 0 Å². The molecule has 9 nitrogen and oxygen atoms in total. The number of carbonyl (C=O) groups is 1. The molecule has 1 aromatic heterocycles. The average molecular weight is 414 g/mol. The molecule has 0 aliphatic carbocycles. The lowest BCUT2D eigenvalue weighted by Gasteiger charge is -2.18. The Morgan fingerprint density at radius 1 is 1.17 bits per heavy atom. The van der Waals surface area contributed by atoms with E-state index in [4.69, 9.17) is 11.6 Å². The zero-order valence-electron chi connectivity index (χ0n) is 14.9. The van der Waals surface area contributed by atoms with Gasteiger partial charge in [0.1, 0.15) is 6.20 Å². The molecule has 3 N–H and O–H groups in total. The molecule has 0 saturated heterocycles. The van der Waals surface area contributed by atoms with Crippen LogP contribution in [0.1, 0.15) is 18.0 Å². The summed E-state index contributed by atoms with van der Waals surface area (Å²) in [6.07, 6.45) is 0.779. The number of benzene rings is 2. The minimum atomic E-state index is -1.05. The molecular formula is C19H16ClN5O4. The zero-order valence-corrected chi connectivity index (χ0v) is 15.7. The SMILES string of the molecule is O=C(O)CC(Nc1nc(Nc2ccc(Cl)cc2)ncc1[N+](=O)[O-])c1ccccc1. The van der Waals surface area contributed by atoms with E-state index >= 15 is 0 Å². The van der Waals surface area contributed by atoms with Crippen molar-refractivity contribution in [3.63, 3.8) is 0 Å². The lowest BCUT2D eigenvalue weighted by Crippen LogP contribution is -2.17. The fourth-order valence-electron chi connectivity index (χ4n) is 2.62. The predicted octanol–water partition coefficient (Wildman–Crippen LogP) is 4.41. The molecule has 10 heteroatoms. The number of carboxylic acid groups (broad SMARTS) is 1. The van der Waals surface area contributed by atoms with Gasteiger partial charge in [-0.05, 0) is 29.8 Å². The van der Waals surface area contributed by atoms with Crippen molar-refractivity contribution >= 4 is 40.7 Å². The van der Waals surface area contributed by atoms with Gasteiger partial charge in [-0.1, -0.05) is 41.9 Å². The molecule has 3 aromatic rings. The van der Waals surface area contributed by atoms with Gasteiger partial charge in [0.2, 0.25) is 11.8 Å². The highest BCUT2D eigenvalue weighted by Crippen LogP contribution is 2.29. The van der Waals surface area contributed by atoms with Crippen LogP contribution in [0.5, 0.6) is 0 Å². The first kappa shape index (κ1) is 20.0. The van der Waals surface area contributed by atoms with Crippen LogP contribution in [0.15, 0.2) is 60.8 Å². The van der Waals surface area contributed by atoms with Gasteiger partial charge in [-0.25, -0.2) is 4.98 Å². The van der Waals surface area contributed by atoms with Crippen molar-refractivity contribution in [1.82, 2.24) is 9.97 Å². The highest BCUT2D eigenvalue weighted by molar-refractivity contribution is 6.30. The average Bonchev–Trinajstić information content (AvgIpc) is 2.69. The summed E-state index contributed by atoms with van der Waals surface area (Å²) in [5.74, 6) is -1.03. The Kier molecular flexibility index (Phi) is 6.20. The Morgan fingerprint density at radius 2 is 1.86 bits per heavy atom. The third kappa shape index (κ3) is 5.39. The van der Waals surface area contributed by atoms with Crippen molar-refractivity contribution in [2.45, 2.75) is 12.5 Å². The van der Waals surface area contributed by atoms with Crippen LogP contribution in [-0.4, -0.2) is 26.0 Å². The van der Waals surface area contributed by atoms with E-state index in [1.165, 1.54) is 0 Å². The van der Waals surface area contributed by atoms with E-state index in [1.54, 1.807) is 54.6 Å². The second-order valence-electron chi connectivity index (χ2n) is 6.02. The lowest BCUT2D eigenvalue weighted by atomic mass is 10.0. The normalized spacial score (nSPS) is 11.5. The predicted molar refractivity (Wildman–Crippen MR) is 108 cm³/mol. The molecule has 2 aromatic carbocycles. The molecule has 3 rings (SSSR count). The quantitative estimate of drug-likeness (QED) is 0.365. The third-order valence-corrected chi connectivity index (χ3v) is 4.21. The summed E-state index contributed by atoms with van der Waals surface area (Å²) in [5.41, 5.74) is 0.937. The highest BCUT2D eigenvalue weighted by atomic mass is 35.5. The number of aliphatic carboxylic acids is 1. The molecule has 0 bridgehead atoms. The second kappa shape index (κ2) is 8.98. The van der Waals surface area contributed by atoms with E-state index in [9.17, 15) is 20.0 Å². The molecule has 1 unspecified atom stereocenters. The molecule has 0 aliphatic heterocycles. The van der Waals surface area contributed by atoms with E-state index in [-0.39, 0.29) is 23.9 Å². The Morgan fingerprint density at radius 3 is 2.48 bits per heavy atom. The van der Waals surface area contributed by atoms with Crippen molar-refractivity contribution in [3.05, 3.63) is 81.5 Å². The molecule has 1 heterocycles. The topological polar surface area (TPSA) is 130 Å². The number of anilines is 3. The number of nitrogens with one attached hydrogen (secondary N) is 2. The number of rotatable bonds is 8. The number of hydrogen-bond donors (Lipinski definition) is 3. The van der Waals surface area contributed by atoms with Crippen molar-refractivity contribution in [2.75, 3.05) is 10.6 Å². The zero-order chi connectivity index (χ0) is 20.8. The molecule has 0 amide bonds. The molecule has 1 atom stereocenters. The Hall–Kier alpha value is -3.72. The summed E-state index contributed by atoms with van der Waals surface area (Å²) in [5, 5.41) is 27.0. The van der Waals surface area contributed by atoms with Crippen LogP contribution in [-0.2, 0) is 4.79 Å². The first-order chi connectivity index (χ1) is 13.9. The van der Waals surface area contributed by atoms with E-state index in [0.717, 1.165) is 6.20 Å². The molecule has 0 spiro atoms. The van der Waals surface area contributed by atoms with Crippen LogP contribution < -0.4 is 10.6 Å². The second-order valence-corrected chi connectivity index (χ2v) is 6.46. The number of nitro groups is 1. The van der Waals surface area contributed by atoms with Gasteiger partial charge in [0.25, 0.3) is 0 Å². The van der Waals surface area contributed by atoms with Gasteiger partial charge < -0.3 is 15.7 Å². The summed E-state index contributed by atoms with van der Waals surface area (Å²) in [6, 6.07) is 14.8. The van der Waals surface area contributed by atoms with Crippen molar-refractivity contribution in [2.24, 2.45) is 0 Å². The smallest absolute Gasteiger partial charge is 0.329 e. The van der Waals surface area contributed by atoms with Gasteiger partial charge in [0.05, 0.1) is 17.4 Å². The standard InChI is InChI=1S/C19H16ClN5O4/c20-13-6-8-14(9-7-13)22-19-21-11-16(25(28)29)18(24-19)23-15(10-17(26)27)12-4-2-1-3-5-12/h1-9,11,15H,10H2,(H,26,27)(H2,21,22,23,24). The van der Waals surface area contributed by atoms with Gasteiger partial charge in [0, 0.05) is 10.7 Å². The van der Waals surface area contributed by atoms with Gasteiger partial charge >= 0.3 is 11.7 Å². The Labute approximate surface area is 170 Å². The molecule has 0 aliphatic rings. The van der Waals surface area contributed by atoms with Crippen LogP contribution in [0.3, 0.4) is 0 Å². The summed E-state index contributed by atoms with van der Waals surface area (Å²) >= 11 is 5.86. The van der Waals surface area contributed by atoms with Crippen molar-refractivity contribution < 1.29 is 14.8 Å². The van der Waals surface area contributed by atoms with E-state index in [0.29, 0.717) is 16.3 Å². The minimum absolute atomic E-state index is 0.0865. The first-order valence-electron chi connectivity index (χ1n) is 8.49. The number of hydrogen-bond acceptors (Lipinski definition) is 7. The molecule has 0 fully saturated rings. The van der Waals surface area contributed by atoms with E-state index in [1.807, 2.05) is 0 Å². The van der Waals surface area contributed by atoms with E-state index < -0.39 is 16.9 Å². The number of halogens is 1. The minimum Gasteiger partial charge on any atom is -0.481 e. The molecule has 148 valence electrons. The largest absolute Gasteiger partial charge is 0.481 e. The maximum atomic E-state index is 11.4. The van der Waals surface area contributed by atoms with Crippen molar-refractivity contribution in [1.29, 1.82) is 0 Å². The third-order valence-electron chi connectivity index (χ3n) is 3.96. The Bertz CT molecular complexity index is 1010. The fourth-order valence-corrected chi connectivity index (χ4v) is 2.74. The molecule has 0 radical (unpaired) electrons. The summed E-state index contributed by atoms with van der Waals surface area (Å²) in [7, 11) is 0. The lowest BCUT2D eigenvalue weighted by molar-refractivity contribution is -0.384. The monoisotopic (exact) mass is 413 g/mol. The Balaban J connectivity index is 1.93. The highest BCUT2D eigenvalue weighted by Gasteiger charge is 2.23. The summed E-state index contributed by atoms with van der Waals surface area (Å²) in [6.45, 7) is 0. The number of aromatic nitrogens is 2. The van der Waals surface area contributed by atoms with E-state index in [2.05, 4.69) is 20.6 Å². The van der Waals surface area contributed by atoms with Gasteiger partial charge in [-0.3, -0.25) is 14.9 Å². The molecule has 0 saturated carbocycles. The van der Waals surface area contributed by atoms with Crippen LogP contribution in [0, 0.1) is 10.1 Å². The summed E-state index contributed by atoms with van der Waals surface area (Å²) < 4.78 is 0. The fraction of sp³-hybridized carbons (Fsp3) is 0.105. The van der Waals surface area contributed by atoms with Crippen LogP contribution >= 0.6 is 11.6 Å².